The van der Waals surface area contributed by atoms with Crippen LogP contribution in [0.25, 0.3) is 22.4 Å². The van der Waals surface area contributed by atoms with E-state index < -0.39 is 5.54 Å². The number of para-hydroxylation sites is 2. The number of rotatable bonds is 3. The van der Waals surface area contributed by atoms with E-state index in [0.29, 0.717) is 0 Å². The average molecular weight is 385 g/mol. The second-order valence-corrected chi connectivity index (χ2v) is 7.23. The van der Waals surface area contributed by atoms with Gasteiger partial charge >= 0.3 is 0 Å². The van der Waals surface area contributed by atoms with Gasteiger partial charge in [0.2, 0.25) is 5.91 Å². The van der Waals surface area contributed by atoms with Gasteiger partial charge in [-0.25, -0.2) is 4.98 Å². The molecule has 0 atom stereocenters. The van der Waals surface area contributed by atoms with Gasteiger partial charge < -0.3 is 15.6 Å². The van der Waals surface area contributed by atoms with Gasteiger partial charge in [0, 0.05) is 18.3 Å². The fraction of sp³-hybridized carbons (Fsp3) is 0.333. The van der Waals surface area contributed by atoms with Crippen LogP contribution in [0, 0.1) is 0 Å². The molecule has 27 heavy (non-hydrogen) atoms. The summed E-state index contributed by atoms with van der Waals surface area (Å²) in [6.07, 6.45) is 4.73. The predicted molar refractivity (Wildman–Crippen MR) is 112 cm³/mol. The molecule has 0 radical (unpaired) electrons. The molecule has 1 amide bonds. The van der Waals surface area contributed by atoms with E-state index in [-0.39, 0.29) is 18.3 Å². The number of benzene rings is 2. The Morgan fingerprint density at radius 2 is 1.74 bits per heavy atom. The number of carbonyl (C=O) groups is 1. The normalized spacial score (nSPS) is 15.9. The molecule has 3 N–H and O–H groups in total. The fourth-order valence-electron chi connectivity index (χ4n) is 3.77. The van der Waals surface area contributed by atoms with Crippen molar-refractivity contribution in [3.05, 3.63) is 48.5 Å². The number of nitrogens with two attached hydrogens (primary N) is 1. The Morgan fingerprint density at radius 1 is 1.07 bits per heavy atom. The summed E-state index contributed by atoms with van der Waals surface area (Å²) >= 11 is 0. The van der Waals surface area contributed by atoms with Gasteiger partial charge in [0.05, 0.1) is 16.6 Å². The molecule has 0 bridgehead atoms. The van der Waals surface area contributed by atoms with Crippen LogP contribution >= 0.6 is 12.4 Å². The SMILES string of the molecule is Cl.Cn1c(-c2ccc(NC(=O)C3(N)CCCCC3)cc2)nc2ccccc21. The Labute approximate surface area is 165 Å². The number of imidazole rings is 1. The van der Waals surface area contributed by atoms with E-state index in [1.165, 1.54) is 6.42 Å². The van der Waals surface area contributed by atoms with E-state index in [1.54, 1.807) is 0 Å². The van der Waals surface area contributed by atoms with Crippen molar-refractivity contribution in [2.75, 3.05) is 5.32 Å². The molecule has 5 nitrogen and oxygen atoms in total. The van der Waals surface area contributed by atoms with E-state index in [4.69, 9.17) is 10.7 Å². The maximum Gasteiger partial charge on any atom is 0.244 e. The Hall–Kier alpha value is -2.37. The summed E-state index contributed by atoms with van der Waals surface area (Å²) in [5.41, 5.74) is 9.44. The molecule has 1 aromatic heterocycles. The molecule has 3 aromatic rings. The Bertz CT molecular complexity index is 942. The third-order valence-electron chi connectivity index (χ3n) is 5.39. The highest BCUT2D eigenvalue weighted by molar-refractivity contribution is 5.98. The van der Waals surface area contributed by atoms with Crippen molar-refractivity contribution in [2.45, 2.75) is 37.6 Å². The molecule has 142 valence electrons. The number of aryl methyl sites for hydroxylation is 1. The monoisotopic (exact) mass is 384 g/mol. The average Bonchev–Trinajstić information content (AvgIpc) is 3.00. The Kier molecular flexibility index (Phi) is 5.53. The molecule has 4 rings (SSSR count). The van der Waals surface area contributed by atoms with Crippen molar-refractivity contribution in [3.63, 3.8) is 0 Å². The zero-order valence-corrected chi connectivity index (χ0v) is 16.3. The number of hydrogen-bond acceptors (Lipinski definition) is 3. The van der Waals surface area contributed by atoms with Gasteiger partial charge in [-0.3, -0.25) is 4.79 Å². The van der Waals surface area contributed by atoms with Gasteiger partial charge in [0.1, 0.15) is 5.82 Å². The maximum atomic E-state index is 12.6. The van der Waals surface area contributed by atoms with Crippen LogP contribution in [0.5, 0.6) is 0 Å². The molecule has 1 fully saturated rings. The van der Waals surface area contributed by atoms with Crippen molar-refractivity contribution in [1.82, 2.24) is 9.55 Å². The second kappa shape index (κ2) is 7.71. The number of aromatic nitrogens is 2. The summed E-state index contributed by atoms with van der Waals surface area (Å²) in [5.74, 6) is 0.833. The first-order chi connectivity index (χ1) is 12.6. The minimum Gasteiger partial charge on any atom is -0.327 e. The van der Waals surface area contributed by atoms with Gasteiger partial charge in [-0.05, 0) is 49.2 Å². The quantitative estimate of drug-likeness (QED) is 0.708. The third-order valence-corrected chi connectivity index (χ3v) is 5.39. The molecule has 1 aliphatic carbocycles. The van der Waals surface area contributed by atoms with Gasteiger partial charge in [-0.2, -0.15) is 0 Å². The number of anilines is 1. The summed E-state index contributed by atoms with van der Waals surface area (Å²) in [5, 5.41) is 2.98. The van der Waals surface area contributed by atoms with Gasteiger partial charge in [0.25, 0.3) is 0 Å². The molecule has 1 heterocycles. The number of fused-ring (bicyclic) bond motifs is 1. The molecular weight excluding hydrogens is 360 g/mol. The van der Waals surface area contributed by atoms with Crippen LogP contribution in [0.2, 0.25) is 0 Å². The largest absolute Gasteiger partial charge is 0.327 e. The molecular formula is C21H25ClN4O. The molecule has 2 aromatic carbocycles. The Balaban J connectivity index is 0.00000210. The number of hydrogen-bond donors (Lipinski definition) is 2. The number of amides is 1. The number of halogens is 1. The zero-order valence-electron chi connectivity index (χ0n) is 15.4. The first-order valence-corrected chi connectivity index (χ1v) is 9.19. The summed E-state index contributed by atoms with van der Waals surface area (Å²) < 4.78 is 2.08. The van der Waals surface area contributed by atoms with Crippen LogP contribution in [0.3, 0.4) is 0 Å². The minimum absolute atomic E-state index is 0. The van der Waals surface area contributed by atoms with Crippen LogP contribution in [-0.4, -0.2) is 21.0 Å². The van der Waals surface area contributed by atoms with Crippen LogP contribution in [0.15, 0.2) is 48.5 Å². The number of nitrogens with zero attached hydrogens (tertiary/aromatic N) is 2. The van der Waals surface area contributed by atoms with Gasteiger partial charge in [-0.15, -0.1) is 12.4 Å². The van der Waals surface area contributed by atoms with Crippen molar-refractivity contribution in [1.29, 1.82) is 0 Å². The molecule has 1 saturated carbocycles. The molecule has 1 aliphatic rings. The second-order valence-electron chi connectivity index (χ2n) is 7.23. The first-order valence-electron chi connectivity index (χ1n) is 9.19. The fourth-order valence-corrected chi connectivity index (χ4v) is 3.77. The van der Waals surface area contributed by atoms with E-state index in [1.807, 2.05) is 49.5 Å². The molecule has 0 aliphatic heterocycles. The Morgan fingerprint density at radius 3 is 2.41 bits per heavy atom. The summed E-state index contributed by atoms with van der Waals surface area (Å²) in [7, 11) is 2.02. The van der Waals surface area contributed by atoms with Crippen molar-refractivity contribution < 1.29 is 4.79 Å². The number of carbonyl (C=O) groups excluding carboxylic acids is 1. The maximum absolute atomic E-state index is 12.6. The van der Waals surface area contributed by atoms with E-state index in [9.17, 15) is 4.79 Å². The van der Waals surface area contributed by atoms with Crippen molar-refractivity contribution >= 4 is 35.0 Å². The first kappa shape index (κ1) is 19.4. The van der Waals surface area contributed by atoms with E-state index >= 15 is 0 Å². The highest BCUT2D eigenvalue weighted by Gasteiger charge is 2.35. The van der Waals surface area contributed by atoms with Crippen molar-refractivity contribution in [2.24, 2.45) is 12.8 Å². The summed E-state index contributed by atoms with van der Waals surface area (Å²) in [6, 6.07) is 15.9. The summed E-state index contributed by atoms with van der Waals surface area (Å²) in [4.78, 5) is 17.3. The summed E-state index contributed by atoms with van der Waals surface area (Å²) in [6.45, 7) is 0. The smallest absolute Gasteiger partial charge is 0.244 e. The lowest BCUT2D eigenvalue weighted by Crippen LogP contribution is -2.52. The van der Waals surface area contributed by atoms with E-state index in [0.717, 1.165) is 53.8 Å². The van der Waals surface area contributed by atoms with Crippen LogP contribution < -0.4 is 11.1 Å². The zero-order chi connectivity index (χ0) is 18.1. The predicted octanol–water partition coefficient (Wildman–Crippen LogP) is 4.26. The van der Waals surface area contributed by atoms with Crippen LogP contribution in [0.4, 0.5) is 5.69 Å². The lowest BCUT2D eigenvalue weighted by atomic mass is 9.82. The van der Waals surface area contributed by atoms with E-state index in [2.05, 4.69) is 16.0 Å². The van der Waals surface area contributed by atoms with Crippen LogP contribution in [-0.2, 0) is 11.8 Å². The lowest BCUT2D eigenvalue weighted by Gasteiger charge is -2.31. The third kappa shape index (κ3) is 3.70. The number of nitrogens with one attached hydrogen (secondary N) is 1. The highest BCUT2D eigenvalue weighted by atomic mass is 35.5. The molecule has 0 saturated heterocycles. The van der Waals surface area contributed by atoms with Crippen LogP contribution in [0.1, 0.15) is 32.1 Å². The highest BCUT2D eigenvalue weighted by Crippen LogP contribution is 2.28. The molecule has 0 unspecified atom stereocenters. The molecule has 6 heteroatoms. The topological polar surface area (TPSA) is 72.9 Å². The standard InChI is InChI=1S/C21H24N4O.ClH/c1-25-18-8-4-3-7-17(18)24-19(25)15-9-11-16(12-10-15)23-20(26)21(22)13-5-2-6-14-21;/h3-4,7-12H,2,5-6,13-14,22H2,1H3,(H,23,26);1H. The van der Waals surface area contributed by atoms with Gasteiger partial charge in [-0.1, -0.05) is 31.4 Å². The minimum atomic E-state index is -0.728. The van der Waals surface area contributed by atoms with Crippen molar-refractivity contribution in [3.8, 4) is 11.4 Å². The van der Waals surface area contributed by atoms with Gasteiger partial charge in [0.15, 0.2) is 0 Å². The molecule has 0 spiro atoms. The lowest BCUT2D eigenvalue weighted by molar-refractivity contribution is -0.122.